The summed E-state index contributed by atoms with van der Waals surface area (Å²) >= 11 is 1.70. The molecule has 7 nitrogen and oxygen atoms in total. The van der Waals surface area contributed by atoms with Gasteiger partial charge in [0.1, 0.15) is 5.60 Å². The van der Waals surface area contributed by atoms with Crippen LogP contribution in [0.1, 0.15) is 45.3 Å². The van der Waals surface area contributed by atoms with E-state index in [1.54, 1.807) is 11.3 Å². The molecule has 3 N–H and O–H groups in total. The number of guanidine groups is 1. The number of amides is 1. The normalized spacial score (nSPS) is 11.5. The van der Waals surface area contributed by atoms with E-state index in [4.69, 9.17) is 4.74 Å². The van der Waals surface area contributed by atoms with Gasteiger partial charge in [0, 0.05) is 38.0 Å². The highest BCUT2D eigenvalue weighted by Crippen LogP contribution is 2.10. The van der Waals surface area contributed by atoms with Crippen LogP contribution in [0.4, 0.5) is 4.79 Å². The molecule has 1 aromatic rings. The third-order valence-electron chi connectivity index (χ3n) is 2.97. The number of carbonyl (C=O) groups is 1. The maximum Gasteiger partial charge on any atom is 0.407 e. The molecule has 1 heterocycles. The zero-order chi connectivity index (χ0) is 18.7. The fourth-order valence-corrected chi connectivity index (χ4v) is 2.69. The SMILES string of the molecule is CCNC(=NCCc1csc(CC)n1)NCCNC(=O)OC(C)(C)C.I. The zero-order valence-electron chi connectivity index (χ0n) is 16.3. The van der Waals surface area contributed by atoms with Gasteiger partial charge in [-0.15, -0.1) is 35.3 Å². The molecule has 0 aliphatic carbocycles. The highest BCUT2D eigenvalue weighted by atomic mass is 127. The summed E-state index contributed by atoms with van der Waals surface area (Å²) in [6, 6.07) is 0. The summed E-state index contributed by atoms with van der Waals surface area (Å²) in [5, 5.41) is 12.4. The minimum absolute atomic E-state index is 0. The molecule has 0 saturated carbocycles. The van der Waals surface area contributed by atoms with E-state index in [0.29, 0.717) is 19.6 Å². The molecule has 0 radical (unpaired) electrons. The van der Waals surface area contributed by atoms with Crippen LogP contribution < -0.4 is 16.0 Å². The largest absolute Gasteiger partial charge is 0.444 e. The molecule has 0 aliphatic heterocycles. The van der Waals surface area contributed by atoms with Crippen molar-refractivity contribution in [2.24, 2.45) is 4.99 Å². The molecule has 0 aliphatic rings. The van der Waals surface area contributed by atoms with Crippen LogP contribution in [-0.4, -0.2) is 48.8 Å². The third-order valence-corrected chi connectivity index (χ3v) is 4.01. The maximum absolute atomic E-state index is 11.6. The highest BCUT2D eigenvalue weighted by Gasteiger charge is 2.15. The van der Waals surface area contributed by atoms with Crippen molar-refractivity contribution in [3.8, 4) is 0 Å². The van der Waals surface area contributed by atoms with Gasteiger partial charge in [0.15, 0.2) is 5.96 Å². The van der Waals surface area contributed by atoms with Crippen molar-refractivity contribution in [1.29, 1.82) is 0 Å². The van der Waals surface area contributed by atoms with Crippen molar-refractivity contribution >= 4 is 47.4 Å². The van der Waals surface area contributed by atoms with Crippen molar-refractivity contribution in [2.45, 2.75) is 53.1 Å². The molecule has 0 bridgehead atoms. The van der Waals surface area contributed by atoms with Crippen LogP contribution in [0.25, 0.3) is 0 Å². The molecule has 0 unspecified atom stereocenters. The first-order valence-electron chi connectivity index (χ1n) is 8.76. The molecule has 9 heteroatoms. The van der Waals surface area contributed by atoms with Crippen molar-refractivity contribution in [3.63, 3.8) is 0 Å². The number of ether oxygens (including phenoxy) is 1. The summed E-state index contributed by atoms with van der Waals surface area (Å²) in [5.41, 5.74) is 0.606. The number of thiazole rings is 1. The molecule has 0 spiro atoms. The Balaban J connectivity index is 0.00000625. The average molecular weight is 497 g/mol. The number of aliphatic imine (C=N–C) groups is 1. The van der Waals surface area contributed by atoms with Crippen LogP contribution in [0.15, 0.2) is 10.4 Å². The second kappa shape index (κ2) is 13.1. The lowest BCUT2D eigenvalue weighted by Gasteiger charge is -2.19. The lowest BCUT2D eigenvalue weighted by Crippen LogP contribution is -2.42. The predicted octanol–water partition coefficient (Wildman–Crippen LogP) is 2.95. The molecule has 1 aromatic heterocycles. The predicted molar refractivity (Wildman–Crippen MR) is 119 cm³/mol. The summed E-state index contributed by atoms with van der Waals surface area (Å²) in [7, 11) is 0. The second-order valence-corrected chi connectivity index (χ2v) is 7.39. The van der Waals surface area contributed by atoms with E-state index < -0.39 is 11.7 Å². The lowest BCUT2D eigenvalue weighted by molar-refractivity contribution is 0.0529. The standard InChI is InChI=1S/C17H31N5O2S.HI/c1-6-14-22-13(12-25-14)8-9-19-15(18-7-2)20-10-11-21-16(23)24-17(3,4)5;/h12H,6-11H2,1-5H3,(H,21,23)(H2,18,19,20);1H. The summed E-state index contributed by atoms with van der Waals surface area (Å²) in [6.45, 7) is 12.1. The molecule has 1 amide bonds. The van der Waals surface area contributed by atoms with Crippen LogP contribution >= 0.6 is 35.3 Å². The zero-order valence-corrected chi connectivity index (χ0v) is 19.5. The van der Waals surface area contributed by atoms with Crippen LogP contribution in [0, 0.1) is 0 Å². The van der Waals surface area contributed by atoms with Crippen molar-refractivity contribution in [1.82, 2.24) is 20.9 Å². The van der Waals surface area contributed by atoms with E-state index >= 15 is 0 Å². The Morgan fingerprint density at radius 2 is 1.92 bits per heavy atom. The Hall–Kier alpha value is -1.10. The van der Waals surface area contributed by atoms with Crippen LogP contribution in [0.3, 0.4) is 0 Å². The minimum atomic E-state index is -0.485. The number of nitrogens with one attached hydrogen (secondary N) is 3. The smallest absolute Gasteiger partial charge is 0.407 e. The molecule has 0 atom stereocenters. The fraction of sp³-hybridized carbons (Fsp3) is 0.706. The van der Waals surface area contributed by atoms with Gasteiger partial charge in [0.2, 0.25) is 0 Å². The fourth-order valence-electron chi connectivity index (χ4n) is 1.91. The summed E-state index contributed by atoms with van der Waals surface area (Å²) < 4.78 is 5.19. The van der Waals surface area contributed by atoms with Crippen molar-refractivity contribution < 1.29 is 9.53 Å². The monoisotopic (exact) mass is 497 g/mol. The lowest BCUT2D eigenvalue weighted by atomic mass is 10.2. The van der Waals surface area contributed by atoms with Gasteiger partial charge in [-0.3, -0.25) is 4.99 Å². The Kier molecular flexibility index (Phi) is 12.6. The van der Waals surface area contributed by atoms with Gasteiger partial charge in [0.25, 0.3) is 0 Å². The first-order valence-corrected chi connectivity index (χ1v) is 9.64. The van der Waals surface area contributed by atoms with Crippen LogP contribution in [0.5, 0.6) is 0 Å². The average Bonchev–Trinajstić information content (AvgIpc) is 2.97. The van der Waals surface area contributed by atoms with E-state index in [1.165, 1.54) is 0 Å². The summed E-state index contributed by atoms with van der Waals surface area (Å²) in [5.74, 6) is 0.736. The van der Waals surface area contributed by atoms with Gasteiger partial charge in [-0.1, -0.05) is 6.92 Å². The topological polar surface area (TPSA) is 87.6 Å². The number of carbonyl (C=O) groups excluding carboxylic acids is 1. The highest BCUT2D eigenvalue weighted by molar-refractivity contribution is 14.0. The van der Waals surface area contributed by atoms with Crippen LogP contribution in [0.2, 0.25) is 0 Å². The van der Waals surface area contributed by atoms with Gasteiger partial charge < -0.3 is 20.7 Å². The number of hydrogen-bond donors (Lipinski definition) is 3. The summed E-state index contributed by atoms with van der Waals surface area (Å²) in [4.78, 5) is 20.6. The van der Waals surface area contributed by atoms with Crippen LogP contribution in [-0.2, 0) is 17.6 Å². The molecule has 0 aromatic carbocycles. The van der Waals surface area contributed by atoms with E-state index in [-0.39, 0.29) is 24.0 Å². The van der Waals surface area contributed by atoms with Gasteiger partial charge in [-0.2, -0.15) is 0 Å². The maximum atomic E-state index is 11.6. The Labute approximate surface area is 177 Å². The van der Waals surface area contributed by atoms with Gasteiger partial charge >= 0.3 is 6.09 Å². The number of halogens is 1. The van der Waals surface area contributed by atoms with Crippen molar-refractivity contribution in [3.05, 3.63) is 16.1 Å². The number of rotatable bonds is 8. The second-order valence-electron chi connectivity index (χ2n) is 6.45. The first kappa shape index (κ1) is 24.9. The Bertz CT molecular complexity index is 558. The molecule has 0 saturated heterocycles. The van der Waals surface area contributed by atoms with Crippen molar-refractivity contribution in [2.75, 3.05) is 26.2 Å². The van der Waals surface area contributed by atoms with E-state index in [1.807, 2.05) is 27.7 Å². The van der Waals surface area contributed by atoms with E-state index in [2.05, 4.69) is 38.2 Å². The number of nitrogens with zero attached hydrogens (tertiary/aromatic N) is 2. The molecular weight excluding hydrogens is 465 g/mol. The molecule has 0 fully saturated rings. The summed E-state index contributed by atoms with van der Waals surface area (Å²) in [6.07, 6.45) is 1.39. The minimum Gasteiger partial charge on any atom is -0.444 e. The molecule has 26 heavy (non-hydrogen) atoms. The number of hydrogen-bond acceptors (Lipinski definition) is 5. The Morgan fingerprint density at radius 3 is 2.50 bits per heavy atom. The molecular formula is C17H32IN5O2S. The number of alkyl carbamates (subject to hydrolysis) is 1. The number of aryl methyl sites for hydroxylation is 1. The van der Waals surface area contributed by atoms with E-state index in [9.17, 15) is 4.79 Å². The third kappa shape index (κ3) is 11.5. The molecule has 150 valence electrons. The van der Waals surface area contributed by atoms with Gasteiger partial charge in [-0.25, -0.2) is 9.78 Å². The first-order chi connectivity index (χ1) is 11.8. The van der Waals surface area contributed by atoms with Gasteiger partial charge in [-0.05, 0) is 34.1 Å². The van der Waals surface area contributed by atoms with E-state index in [0.717, 1.165) is 36.0 Å². The quantitative estimate of drug-likeness (QED) is 0.223. The molecule has 1 rings (SSSR count). The Morgan fingerprint density at radius 1 is 1.23 bits per heavy atom. The number of aromatic nitrogens is 1. The van der Waals surface area contributed by atoms with Gasteiger partial charge in [0.05, 0.1) is 10.7 Å².